The van der Waals surface area contributed by atoms with Crippen molar-refractivity contribution < 1.29 is 13.2 Å². The zero-order valence-electron chi connectivity index (χ0n) is 18.0. The summed E-state index contributed by atoms with van der Waals surface area (Å²) in [6, 6.07) is 12.6. The molecule has 1 N–H and O–H groups in total. The minimum atomic E-state index is -3.29. The van der Waals surface area contributed by atoms with E-state index >= 15 is 0 Å². The molecule has 2 heterocycles. The summed E-state index contributed by atoms with van der Waals surface area (Å²) in [4.78, 5) is 0. The van der Waals surface area contributed by atoms with Gasteiger partial charge in [-0.2, -0.15) is 5.10 Å². The van der Waals surface area contributed by atoms with Gasteiger partial charge in [-0.3, -0.25) is 4.68 Å². The number of hydrogen-bond donors (Lipinski definition) is 1. The van der Waals surface area contributed by atoms with Gasteiger partial charge in [-0.05, 0) is 62.5 Å². The van der Waals surface area contributed by atoms with Crippen LogP contribution >= 0.6 is 0 Å². The molecule has 0 unspecified atom stereocenters. The summed E-state index contributed by atoms with van der Waals surface area (Å²) in [7, 11) is -3.29. The molecule has 2 aromatic rings. The molecule has 1 fully saturated rings. The van der Waals surface area contributed by atoms with Crippen molar-refractivity contribution in [1.82, 2.24) is 14.5 Å². The van der Waals surface area contributed by atoms with Gasteiger partial charge in [0, 0.05) is 11.7 Å². The van der Waals surface area contributed by atoms with Crippen molar-refractivity contribution in [1.29, 1.82) is 0 Å². The summed E-state index contributed by atoms with van der Waals surface area (Å²) in [5.41, 5.74) is 3.66. The number of sulfonamides is 1. The molecule has 0 saturated heterocycles. The summed E-state index contributed by atoms with van der Waals surface area (Å²) in [5.74, 6) is 0.616. The second-order valence-corrected chi connectivity index (χ2v) is 10.5. The van der Waals surface area contributed by atoms with Gasteiger partial charge in [0.25, 0.3) is 0 Å². The lowest BCUT2D eigenvalue weighted by molar-refractivity contribution is -0.00334. The summed E-state index contributed by atoms with van der Waals surface area (Å²) >= 11 is 0. The highest BCUT2D eigenvalue weighted by Crippen LogP contribution is 2.35. The Labute approximate surface area is 180 Å². The first-order chi connectivity index (χ1) is 14.4. The number of ether oxygens (including phenoxy) is 1. The van der Waals surface area contributed by atoms with Gasteiger partial charge in [0.15, 0.2) is 0 Å². The first-order valence-electron chi connectivity index (χ1n) is 11.1. The summed E-state index contributed by atoms with van der Waals surface area (Å²) in [6.07, 6.45) is 8.30. The van der Waals surface area contributed by atoms with Crippen LogP contribution in [-0.4, -0.2) is 43.2 Å². The maximum absolute atomic E-state index is 11.9. The molecule has 7 heteroatoms. The third kappa shape index (κ3) is 5.13. The smallest absolute Gasteiger partial charge is 0.209 e. The van der Waals surface area contributed by atoms with Crippen LogP contribution in [0.5, 0.6) is 0 Å². The highest BCUT2D eigenvalue weighted by Gasteiger charge is 2.34. The van der Waals surface area contributed by atoms with Crippen LogP contribution in [0, 0.1) is 0 Å². The first-order valence-corrected chi connectivity index (χ1v) is 13.0. The Hall–Kier alpha value is -1.70. The van der Waals surface area contributed by atoms with Crippen LogP contribution in [0.15, 0.2) is 36.4 Å². The average Bonchev–Trinajstić information content (AvgIpc) is 3.16. The molecule has 0 radical (unpaired) electrons. The third-order valence-electron chi connectivity index (χ3n) is 6.53. The maximum atomic E-state index is 11.9. The van der Waals surface area contributed by atoms with Crippen LogP contribution in [0.2, 0.25) is 0 Å². The van der Waals surface area contributed by atoms with E-state index in [0.717, 1.165) is 50.6 Å². The van der Waals surface area contributed by atoms with Crippen LogP contribution in [0.1, 0.15) is 67.9 Å². The van der Waals surface area contributed by atoms with Crippen molar-refractivity contribution in [3.63, 3.8) is 0 Å². The molecular formula is C23H33N3O3S. The van der Waals surface area contributed by atoms with E-state index in [0.29, 0.717) is 12.5 Å². The predicted molar refractivity (Wildman–Crippen MR) is 118 cm³/mol. The van der Waals surface area contributed by atoms with Crippen molar-refractivity contribution in [2.75, 3.05) is 12.9 Å². The summed E-state index contributed by atoms with van der Waals surface area (Å²) in [5, 5.41) is 4.75. The van der Waals surface area contributed by atoms with Crippen LogP contribution in [-0.2, 0) is 27.6 Å². The van der Waals surface area contributed by atoms with Gasteiger partial charge in [0.1, 0.15) is 0 Å². The fourth-order valence-electron chi connectivity index (χ4n) is 4.92. The molecule has 0 amide bonds. The SMILES string of the molecule is CCc1cc2n(n1)[C@@H](COC1CCC(c3ccccc3)CC1)[C@@H](NS(C)(=O)=O)CC2. The molecular weight excluding hydrogens is 398 g/mol. The van der Waals surface area contributed by atoms with Crippen molar-refractivity contribution >= 4 is 10.0 Å². The molecule has 2 atom stereocenters. The molecule has 1 aromatic carbocycles. The van der Waals surface area contributed by atoms with Crippen LogP contribution < -0.4 is 4.72 Å². The summed E-state index contributed by atoms with van der Waals surface area (Å²) < 4.78 is 35.0. The monoisotopic (exact) mass is 431 g/mol. The van der Waals surface area contributed by atoms with E-state index in [1.54, 1.807) is 0 Å². The normalized spacial score (nSPS) is 27.0. The first kappa shape index (κ1) is 21.5. The van der Waals surface area contributed by atoms with Crippen LogP contribution in [0.3, 0.4) is 0 Å². The second-order valence-electron chi connectivity index (χ2n) is 8.75. The van der Waals surface area contributed by atoms with Crippen molar-refractivity contribution in [2.24, 2.45) is 0 Å². The quantitative estimate of drug-likeness (QED) is 0.727. The van der Waals surface area contributed by atoms with Crippen molar-refractivity contribution in [2.45, 2.75) is 76.0 Å². The number of aryl methyl sites for hydroxylation is 2. The van der Waals surface area contributed by atoms with E-state index in [9.17, 15) is 8.42 Å². The van der Waals surface area contributed by atoms with Gasteiger partial charge in [-0.25, -0.2) is 13.1 Å². The second kappa shape index (κ2) is 9.20. The van der Waals surface area contributed by atoms with E-state index in [1.165, 1.54) is 17.5 Å². The largest absolute Gasteiger partial charge is 0.376 e. The topological polar surface area (TPSA) is 73.2 Å². The Morgan fingerprint density at radius 1 is 1.13 bits per heavy atom. The number of rotatable bonds is 7. The standard InChI is InChI=1S/C23H33N3O3S/c1-3-19-15-20-11-14-22(25-30(2,27)28)23(26(20)24-19)16-29-21-12-9-18(10-13-21)17-7-5-4-6-8-17/h4-8,15,18,21-23,25H,3,9-14,16H2,1-2H3/t18?,21?,22-,23-/m0/s1. The Morgan fingerprint density at radius 2 is 1.87 bits per heavy atom. The number of fused-ring (bicyclic) bond motifs is 1. The fraction of sp³-hybridized carbons (Fsp3) is 0.609. The lowest BCUT2D eigenvalue weighted by Crippen LogP contribution is -2.46. The molecule has 0 bridgehead atoms. The van der Waals surface area contributed by atoms with Gasteiger partial charge < -0.3 is 4.74 Å². The van der Waals surface area contributed by atoms with Crippen molar-refractivity contribution in [3.05, 3.63) is 53.3 Å². The molecule has 0 spiro atoms. The highest BCUT2D eigenvalue weighted by molar-refractivity contribution is 7.88. The minimum Gasteiger partial charge on any atom is -0.376 e. The number of benzene rings is 1. The van der Waals surface area contributed by atoms with Gasteiger partial charge >= 0.3 is 0 Å². The van der Waals surface area contributed by atoms with Gasteiger partial charge in [0.05, 0.1) is 30.7 Å². The Kier molecular flexibility index (Phi) is 6.60. The predicted octanol–water partition coefficient (Wildman–Crippen LogP) is 3.59. The molecule has 1 aromatic heterocycles. The van der Waals surface area contributed by atoms with Crippen LogP contribution in [0.25, 0.3) is 0 Å². The number of nitrogens with zero attached hydrogens (tertiary/aromatic N) is 2. The molecule has 4 rings (SSSR count). The van der Waals surface area contributed by atoms with E-state index in [2.05, 4.69) is 48.0 Å². The lowest BCUT2D eigenvalue weighted by atomic mass is 9.83. The third-order valence-corrected chi connectivity index (χ3v) is 7.26. The minimum absolute atomic E-state index is 0.101. The number of hydrogen-bond acceptors (Lipinski definition) is 4. The van der Waals surface area contributed by atoms with Crippen molar-refractivity contribution in [3.8, 4) is 0 Å². The molecule has 30 heavy (non-hydrogen) atoms. The Bertz CT molecular complexity index is 934. The molecule has 6 nitrogen and oxygen atoms in total. The Balaban J connectivity index is 1.40. The van der Waals surface area contributed by atoms with E-state index in [4.69, 9.17) is 9.84 Å². The van der Waals surface area contributed by atoms with E-state index in [-0.39, 0.29) is 18.2 Å². The maximum Gasteiger partial charge on any atom is 0.209 e. The summed E-state index contributed by atoms with van der Waals surface area (Å²) in [6.45, 7) is 2.59. The number of nitrogens with one attached hydrogen (secondary N) is 1. The zero-order chi connectivity index (χ0) is 21.1. The molecule has 1 aliphatic carbocycles. The van der Waals surface area contributed by atoms with Gasteiger partial charge in [0.2, 0.25) is 10.0 Å². The molecule has 164 valence electrons. The van der Waals surface area contributed by atoms with E-state index < -0.39 is 10.0 Å². The zero-order valence-corrected chi connectivity index (χ0v) is 18.8. The Morgan fingerprint density at radius 3 is 2.53 bits per heavy atom. The van der Waals surface area contributed by atoms with Gasteiger partial charge in [-0.1, -0.05) is 37.3 Å². The molecule has 1 aliphatic heterocycles. The average molecular weight is 432 g/mol. The molecule has 2 aliphatic rings. The highest BCUT2D eigenvalue weighted by atomic mass is 32.2. The van der Waals surface area contributed by atoms with E-state index in [1.807, 2.05) is 4.68 Å². The fourth-order valence-corrected chi connectivity index (χ4v) is 5.75. The molecule has 1 saturated carbocycles. The number of aromatic nitrogens is 2. The lowest BCUT2D eigenvalue weighted by Gasteiger charge is -2.35. The van der Waals surface area contributed by atoms with Gasteiger partial charge in [-0.15, -0.1) is 0 Å². The van der Waals surface area contributed by atoms with Crippen LogP contribution in [0.4, 0.5) is 0 Å².